The zero-order valence-corrected chi connectivity index (χ0v) is 17.4. The molecular weight excluding hydrogens is 431 g/mol. The molecule has 0 spiro atoms. The van der Waals surface area contributed by atoms with Crippen molar-refractivity contribution in [3.8, 4) is 5.75 Å². The van der Waals surface area contributed by atoms with Crippen molar-refractivity contribution in [2.75, 3.05) is 20.2 Å². The number of methoxy groups -OCH3 is 1. The molecule has 1 aromatic carbocycles. The lowest BCUT2D eigenvalue weighted by molar-refractivity contribution is 0.379. The van der Waals surface area contributed by atoms with Gasteiger partial charge in [-0.15, -0.1) is 24.0 Å². The number of benzene rings is 1. The number of ether oxygens (including phenoxy) is 1. The molecule has 7 heteroatoms. The van der Waals surface area contributed by atoms with E-state index in [-0.39, 0.29) is 24.0 Å². The summed E-state index contributed by atoms with van der Waals surface area (Å²) in [7, 11) is 1.69. The Morgan fingerprint density at radius 1 is 1.24 bits per heavy atom. The fourth-order valence-electron chi connectivity index (χ4n) is 2.32. The topological polar surface area (TPSA) is 71.7 Å². The van der Waals surface area contributed by atoms with Gasteiger partial charge >= 0.3 is 0 Å². The number of guanidine groups is 1. The first-order valence-electron chi connectivity index (χ1n) is 8.35. The van der Waals surface area contributed by atoms with Gasteiger partial charge in [0, 0.05) is 19.2 Å². The summed E-state index contributed by atoms with van der Waals surface area (Å²) < 4.78 is 10.6. The van der Waals surface area contributed by atoms with Gasteiger partial charge in [-0.1, -0.05) is 30.3 Å². The van der Waals surface area contributed by atoms with E-state index >= 15 is 0 Å². The monoisotopic (exact) mass is 458 g/mol. The van der Waals surface area contributed by atoms with Crippen molar-refractivity contribution in [2.45, 2.75) is 33.2 Å². The molecule has 25 heavy (non-hydrogen) atoms. The number of para-hydroxylation sites is 1. The second kappa shape index (κ2) is 11.7. The highest BCUT2D eigenvalue weighted by molar-refractivity contribution is 14.0. The third-order valence-corrected chi connectivity index (χ3v) is 3.59. The van der Waals surface area contributed by atoms with E-state index in [1.54, 1.807) is 7.11 Å². The van der Waals surface area contributed by atoms with Crippen molar-refractivity contribution >= 4 is 29.9 Å². The first kappa shape index (κ1) is 21.3. The molecule has 0 atom stereocenters. The Morgan fingerprint density at radius 3 is 2.72 bits per heavy atom. The Kier molecular flexibility index (Phi) is 9.98. The van der Waals surface area contributed by atoms with Crippen LogP contribution >= 0.6 is 24.0 Å². The normalized spacial score (nSPS) is 10.9. The summed E-state index contributed by atoms with van der Waals surface area (Å²) in [5, 5.41) is 10.5. The molecule has 0 radical (unpaired) electrons. The highest BCUT2D eigenvalue weighted by Crippen LogP contribution is 2.17. The van der Waals surface area contributed by atoms with E-state index in [4.69, 9.17) is 9.26 Å². The molecule has 0 aliphatic rings. The Morgan fingerprint density at radius 2 is 2.04 bits per heavy atom. The Bertz CT molecular complexity index is 658. The predicted octanol–water partition coefficient (Wildman–Crippen LogP) is 3.16. The van der Waals surface area contributed by atoms with E-state index in [1.165, 1.54) is 5.56 Å². The summed E-state index contributed by atoms with van der Waals surface area (Å²) >= 11 is 0. The van der Waals surface area contributed by atoms with E-state index < -0.39 is 0 Å². The number of nitrogens with one attached hydrogen (secondary N) is 2. The maximum absolute atomic E-state index is 5.38. The zero-order chi connectivity index (χ0) is 17.2. The summed E-state index contributed by atoms with van der Waals surface area (Å²) in [4.78, 5) is 4.53. The molecule has 2 aromatic rings. The van der Waals surface area contributed by atoms with Gasteiger partial charge in [0.2, 0.25) is 0 Å². The molecule has 0 saturated heterocycles. The number of hydrogen-bond donors (Lipinski definition) is 2. The first-order valence-corrected chi connectivity index (χ1v) is 8.35. The Labute approximate surface area is 166 Å². The molecular formula is C18H27IN4O2. The molecule has 0 fully saturated rings. The molecule has 138 valence electrons. The minimum Gasteiger partial charge on any atom is -0.496 e. The van der Waals surface area contributed by atoms with E-state index in [1.807, 2.05) is 38.1 Å². The standard InChI is InChI=1S/C18H26N4O2.HI/c1-4-15-12-16(24-22-15)13-21-18(19-5-2)20-11-10-14-8-6-7-9-17(14)23-3;/h6-9,12H,4-5,10-11,13H2,1-3H3,(H2,19,20,21);1H. The van der Waals surface area contributed by atoms with Crippen LogP contribution in [0.3, 0.4) is 0 Å². The van der Waals surface area contributed by atoms with Crippen molar-refractivity contribution < 1.29 is 9.26 Å². The second-order valence-corrected chi connectivity index (χ2v) is 5.32. The van der Waals surface area contributed by atoms with Gasteiger partial charge in [0.15, 0.2) is 11.7 Å². The average molecular weight is 458 g/mol. The zero-order valence-electron chi connectivity index (χ0n) is 15.0. The lowest BCUT2D eigenvalue weighted by atomic mass is 10.1. The predicted molar refractivity (Wildman–Crippen MR) is 111 cm³/mol. The fraction of sp³-hybridized carbons (Fsp3) is 0.444. The van der Waals surface area contributed by atoms with Crippen molar-refractivity contribution in [3.63, 3.8) is 0 Å². The number of aryl methyl sites for hydroxylation is 1. The lowest BCUT2D eigenvalue weighted by Gasteiger charge is -2.12. The summed E-state index contributed by atoms with van der Waals surface area (Å²) in [6, 6.07) is 9.99. The first-order chi connectivity index (χ1) is 11.8. The van der Waals surface area contributed by atoms with Crippen LogP contribution in [0.4, 0.5) is 0 Å². The number of aromatic nitrogens is 1. The minimum absolute atomic E-state index is 0. The van der Waals surface area contributed by atoms with Crippen LogP contribution in [-0.2, 0) is 19.4 Å². The minimum atomic E-state index is 0. The third kappa shape index (κ3) is 6.93. The smallest absolute Gasteiger partial charge is 0.191 e. The van der Waals surface area contributed by atoms with Gasteiger partial charge in [0.05, 0.1) is 12.8 Å². The van der Waals surface area contributed by atoms with E-state index in [0.29, 0.717) is 6.54 Å². The lowest BCUT2D eigenvalue weighted by Crippen LogP contribution is -2.38. The van der Waals surface area contributed by atoms with Crippen LogP contribution in [0.5, 0.6) is 5.75 Å². The van der Waals surface area contributed by atoms with E-state index in [0.717, 1.165) is 49.1 Å². The van der Waals surface area contributed by atoms with Crippen LogP contribution in [0.25, 0.3) is 0 Å². The van der Waals surface area contributed by atoms with Crippen molar-refractivity contribution in [3.05, 3.63) is 47.3 Å². The van der Waals surface area contributed by atoms with Crippen LogP contribution in [-0.4, -0.2) is 31.3 Å². The van der Waals surface area contributed by atoms with Gasteiger partial charge in [-0.25, -0.2) is 4.99 Å². The molecule has 2 N–H and O–H groups in total. The molecule has 0 unspecified atom stereocenters. The van der Waals surface area contributed by atoms with Gasteiger partial charge in [0.25, 0.3) is 0 Å². The molecule has 2 rings (SSSR count). The molecule has 0 aliphatic heterocycles. The van der Waals surface area contributed by atoms with Gasteiger partial charge in [-0.05, 0) is 31.4 Å². The van der Waals surface area contributed by atoms with Crippen molar-refractivity contribution in [1.82, 2.24) is 15.8 Å². The molecule has 0 aliphatic carbocycles. The quantitative estimate of drug-likeness (QED) is 0.361. The number of rotatable bonds is 8. The van der Waals surface area contributed by atoms with Crippen LogP contribution in [0.15, 0.2) is 39.8 Å². The van der Waals surface area contributed by atoms with E-state index in [2.05, 4.69) is 26.8 Å². The number of halogens is 1. The largest absolute Gasteiger partial charge is 0.496 e. The van der Waals surface area contributed by atoms with E-state index in [9.17, 15) is 0 Å². The molecule has 0 bridgehead atoms. The van der Waals surface area contributed by atoms with Crippen LogP contribution in [0.2, 0.25) is 0 Å². The van der Waals surface area contributed by atoms with Crippen LogP contribution < -0.4 is 15.4 Å². The van der Waals surface area contributed by atoms with Crippen LogP contribution in [0.1, 0.15) is 30.9 Å². The second-order valence-electron chi connectivity index (χ2n) is 5.32. The Hall–Kier alpha value is -1.77. The maximum Gasteiger partial charge on any atom is 0.191 e. The number of aliphatic imine (C=N–C) groups is 1. The Balaban J connectivity index is 0.00000312. The highest BCUT2D eigenvalue weighted by atomic mass is 127. The van der Waals surface area contributed by atoms with Crippen molar-refractivity contribution in [2.24, 2.45) is 4.99 Å². The average Bonchev–Trinajstić information content (AvgIpc) is 3.08. The SMILES string of the molecule is CCNC(=NCc1cc(CC)no1)NCCc1ccccc1OC.I. The van der Waals surface area contributed by atoms with Crippen LogP contribution in [0, 0.1) is 0 Å². The van der Waals surface area contributed by atoms with Crippen molar-refractivity contribution in [1.29, 1.82) is 0 Å². The van der Waals surface area contributed by atoms with Gasteiger partial charge in [-0.2, -0.15) is 0 Å². The molecule has 0 saturated carbocycles. The molecule has 6 nitrogen and oxygen atoms in total. The molecule has 1 heterocycles. The third-order valence-electron chi connectivity index (χ3n) is 3.59. The van der Waals surface area contributed by atoms with Gasteiger partial charge in [-0.3, -0.25) is 0 Å². The number of nitrogens with zero attached hydrogens (tertiary/aromatic N) is 2. The summed E-state index contributed by atoms with van der Waals surface area (Å²) in [6.07, 6.45) is 1.72. The summed E-state index contributed by atoms with van der Waals surface area (Å²) in [5.74, 6) is 2.45. The highest BCUT2D eigenvalue weighted by Gasteiger charge is 2.04. The summed E-state index contributed by atoms with van der Waals surface area (Å²) in [6.45, 7) is 6.13. The van der Waals surface area contributed by atoms with Gasteiger partial charge in [0.1, 0.15) is 12.3 Å². The van der Waals surface area contributed by atoms with Gasteiger partial charge < -0.3 is 19.9 Å². The molecule has 0 amide bonds. The maximum atomic E-state index is 5.38. The fourth-order valence-corrected chi connectivity index (χ4v) is 2.32. The summed E-state index contributed by atoms with van der Waals surface area (Å²) in [5.41, 5.74) is 2.13. The molecule has 1 aromatic heterocycles. The number of hydrogen-bond acceptors (Lipinski definition) is 4.